The Kier molecular flexibility index (Phi) is 21.5. The second-order valence-corrected chi connectivity index (χ2v) is 21.1. The molecule has 0 bridgehead atoms. The fourth-order valence-electron chi connectivity index (χ4n) is 10.6. The minimum Gasteiger partial charge on any atom is -0.399 e. The number of nitrogens with two attached hydrogens (primary N) is 1. The van der Waals surface area contributed by atoms with Crippen molar-refractivity contribution in [2.24, 2.45) is 11.8 Å². The lowest BCUT2D eigenvalue weighted by Crippen LogP contribution is -2.48. The van der Waals surface area contributed by atoms with Crippen molar-refractivity contribution < 1.29 is 28.0 Å². The molecule has 2 aliphatic heterocycles. The number of nitrogens with zero attached hydrogens (tertiary/aromatic N) is 4. The van der Waals surface area contributed by atoms with Crippen LogP contribution in [0.2, 0.25) is 0 Å². The van der Waals surface area contributed by atoms with Crippen molar-refractivity contribution in [1.29, 1.82) is 0 Å². The molecule has 2 fully saturated rings. The van der Waals surface area contributed by atoms with Crippen molar-refractivity contribution in [1.82, 2.24) is 30.2 Å². The Bertz CT molecular complexity index is 2420. The van der Waals surface area contributed by atoms with Gasteiger partial charge in [0, 0.05) is 85.9 Å². The predicted molar refractivity (Wildman–Crippen MR) is 290 cm³/mol. The van der Waals surface area contributed by atoms with Crippen LogP contribution in [-0.2, 0) is 25.7 Å². The number of piperidine rings is 2. The first-order chi connectivity index (χ1) is 35.0. The standard InChI is InChI=1S/C29H39FN4O2.C22H36N4O.C7H4ClFO/c1-4-33(19-21-13-15-34(16-14-21)29(36)31-20(2)3)27-12-8-22-7-11-26(17-24(22)18-27)32-28(35)23-5-9-25(30)10-6-23;1-4-25(21-8-6-18-5-7-20(23)13-19(18)14-21)15-17-9-11-26(12-10-17)22(27)24-16(2)3;8-7(10)5-1-3-6(9)4-2-5/h5-7,9-11,17,20-21,27H,4,8,12-16,18-19H2,1-3H3,(H,31,36)(H,32,35);5,7,13,16-17,21H,4,6,8-12,14-15,23H2,1-3H3,(H,24,27);1-4H. The summed E-state index contributed by atoms with van der Waals surface area (Å²) in [6.45, 7) is 20.3. The summed E-state index contributed by atoms with van der Waals surface area (Å²) in [5.41, 5.74) is 14.0. The third kappa shape index (κ3) is 17.3. The van der Waals surface area contributed by atoms with E-state index < -0.39 is 5.24 Å². The first kappa shape index (κ1) is 56.7. The van der Waals surface area contributed by atoms with Crippen molar-refractivity contribution in [2.75, 3.05) is 63.4 Å². The number of nitrogen functional groups attached to an aromatic ring is 1. The van der Waals surface area contributed by atoms with Crippen LogP contribution in [-0.4, -0.2) is 119 Å². The number of nitrogens with one attached hydrogen (secondary N) is 3. The zero-order valence-electron chi connectivity index (χ0n) is 43.9. The molecule has 4 aromatic rings. The molecule has 0 spiro atoms. The van der Waals surface area contributed by atoms with Crippen LogP contribution in [0, 0.1) is 23.5 Å². The van der Waals surface area contributed by atoms with Gasteiger partial charge in [0.15, 0.2) is 0 Å². The van der Waals surface area contributed by atoms with E-state index in [-0.39, 0.29) is 41.7 Å². The van der Waals surface area contributed by atoms with Crippen molar-refractivity contribution in [3.8, 4) is 0 Å². The van der Waals surface area contributed by atoms with Crippen LogP contribution in [0.15, 0.2) is 84.9 Å². The average Bonchev–Trinajstić information content (AvgIpc) is 3.37. The van der Waals surface area contributed by atoms with E-state index in [1.54, 1.807) is 0 Å². The highest BCUT2D eigenvalue weighted by atomic mass is 35.5. The van der Waals surface area contributed by atoms with Crippen molar-refractivity contribution in [3.63, 3.8) is 0 Å². The van der Waals surface area contributed by atoms with Crippen LogP contribution in [0.5, 0.6) is 0 Å². The van der Waals surface area contributed by atoms with Gasteiger partial charge in [0.2, 0.25) is 0 Å². The van der Waals surface area contributed by atoms with Crippen LogP contribution in [0.25, 0.3) is 0 Å². The summed E-state index contributed by atoms with van der Waals surface area (Å²) < 4.78 is 25.4. The molecular weight excluding hydrogens is 946 g/mol. The summed E-state index contributed by atoms with van der Waals surface area (Å²) >= 11 is 5.09. The Labute approximate surface area is 437 Å². The predicted octanol–water partition coefficient (Wildman–Crippen LogP) is 10.6. The van der Waals surface area contributed by atoms with E-state index in [4.69, 9.17) is 17.3 Å². The number of halogens is 3. The quantitative estimate of drug-likeness (QED) is 0.0771. The molecule has 2 unspecified atom stereocenters. The molecule has 2 aliphatic carbocycles. The zero-order valence-corrected chi connectivity index (χ0v) is 44.7. The number of likely N-dealkylation sites (N-methyl/N-ethyl adjacent to an activating group) is 2. The molecule has 4 aromatic carbocycles. The molecule has 5 amide bonds. The van der Waals surface area contributed by atoms with Crippen LogP contribution >= 0.6 is 11.6 Å². The molecule has 5 N–H and O–H groups in total. The molecule has 0 aromatic heterocycles. The number of carbonyl (C=O) groups excluding carboxylic acids is 4. The van der Waals surface area contributed by atoms with Crippen LogP contribution < -0.4 is 21.7 Å². The lowest BCUT2D eigenvalue weighted by Gasteiger charge is -2.39. The molecule has 0 saturated carbocycles. The number of hydrogen-bond donors (Lipinski definition) is 4. The molecule has 0 radical (unpaired) electrons. The monoisotopic (exact) mass is 1020 g/mol. The topological polar surface area (TPSA) is 143 Å². The first-order valence-corrected chi connectivity index (χ1v) is 27.0. The number of aryl methyl sites for hydroxylation is 2. The molecule has 4 aliphatic rings. The van der Waals surface area contributed by atoms with Crippen LogP contribution in [0.1, 0.15) is 123 Å². The number of carbonyl (C=O) groups is 4. The van der Waals surface area contributed by atoms with Gasteiger partial charge in [-0.25, -0.2) is 18.4 Å². The Morgan fingerprint density at radius 2 is 1.03 bits per heavy atom. The molecule has 2 atom stereocenters. The molecule has 12 nitrogen and oxygen atoms in total. The van der Waals surface area contributed by atoms with E-state index in [1.165, 1.54) is 77.2 Å². The molecule has 8 rings (SSSR count). The lowest BCUT2D eigenvalue weighted by molar-refractivity contribution is 0.102. The van der Waals surface area contributed by atoms with E-state index in [0.29, 0.717) is 35.0 Å². The van der Waals surface area contributed by atoms with Gasteiger partial charge in [0.25, 0.3) is 11.1 Å². The molecule has 2 saturated heterocycles. The summed E-state index contributed by atoms with van der Waals surface area (Å²) in [5.74, 6) is 0.340. The molecular formula is C58H79ClF2N8O4. The smallest absolute Gasteiger partial charge is 0.317 e. The number of hydrogen-bond acceptors (Lipinski definition) is 7. The van der Waals surface area contributed by atoms with Crippen molar-refractivity contribution in [2.45, 2.75) is 130 Å². The maximum Gasteiger partial charge on any atom is 0.317 e. The number of fused-ring (bicyclic) bond motifs is 2. The minimum atomic E-state index is -0.569. The number of likely N-dealkylation sites (tertiary alicyclic amines) is 2. The Morgan fingerprint density at radius 3 is 1.45 bits per heavy atom. The SMILES string of the molecule is CCN(CC1CCN(C(=O)NC(C)C)CC1)C1CCc2ccc(N)cc2C1.CCN(CC1CCN(C(=O)NC(C)C)CC1)C1CCc2ccc(NC(=O)c3ccc(F)cc3)cc2C1.O=C(Cl)c1ccc(F)cc1. The van der Waals surface area contributed by atoms with Gasteiger partial charge in [-0.05, 0) is 223 Å². The van der Waals surface area contributed by atoms with E-state index in [1.807, 2.05) is 49.6 Å². The average molecular weight is 1030 g/mol. The third-order valence-electron chi connectivity index (χ3n) is 14.7. The van der Waals surface area contributed by atoms with Gasteiger partial charge in [0.05, 0.1) is 0 Å². The molecule has 396 valence electrons. The highest BCUT2D eigenvalue weighted by Gasteiger charge is 2.31. The van der Waals surface area contributed by atoms with E-state index in [2.05, 4.69) is 63.9 Å². The maximum absolute atomic E-state index is 13.2. The zero-order chi connectivity index (χ0) is 52.6. The fraction of sp³-hybridized carbons (Fsp3) is 0.517. The van der Waals surface area contributed by atoms with Crippen molar-refractivity contribution >= 4 is 46.2 Å². The Hall–Kier alpha value is -5.57. The molecule has 15 heteroatoms. The number of benzene rings is 4. The van der Waals surface area contributed by atoms with Crippen LogP contribution in [0.3, 0.4) is 0 Å². The molecule has 2 heterocycles. The van der Waals surface area contributed by atoms with Gasteiger partial charge in [-0.1, -0.05) is 26.0 Å². The highest BCUT2D eigenvalue weighted by Crippen LogP contribution is 2.31. The largest absolute Gasteiger partial charge is 0.399 e. The van der Waals surface area contributed by atoms with Crippen LogP contribution in [0.4, 0.5) is 29.7 Å². The fourth-order valence-corrected chi connectivity index (χ4v) is 10.8. The van der Waals surface area contributed by atoms with E-state index in [0.717, 1.165) is 122 Å². The van der Waals surface area contributed by atoms with Gasteiger partial charge in [0.1, 0.15) is 11.6 Å². The normalized spacial score (nSPS) is 18.0. The number of anilines is 2. The number of urea groups is 2. The first-order valence-electron chi connectivity index (χ1n) is 26.6. The van der Waals surface area contributed by atoms with Gasteiger partial charge < -0.3 is 41.3 Å². The van der Waals surface area contributed by atoms with Gasteiger partial charge in [-0.3, -0.25) is 9.59 Å². The van der Waals surface area contributed by atoms with E-state index >= 15 is 0 Å². The van der Waals surface area contributed by atoms with Gasteiger partial charge >= 0.3 is 12.1 Å². The summed E-state index contributed by atoms with van der Waals surface area (Å²) in [6.07, 6.45) is 11.0. The van der Waals surface area contributed by atoms with Crippen molar-refractivity contribution in [3.05, 3.63) is 130 Å². The Balaban J connectivity index is 0.000000205. The second kappa shape index (κ2) is 27.6. The highest BCUT2D eigenvalue weighted by molar-refractivity contribution is 6.67. The lowest BCUT2D eigenvalue weighted by atomic mass is 9.86. The minimum absolute atomic E-state index is 0.0574. The Morgan fingerprint density at radius 1 is 0.603 bits per heavy atom. The number of amides is 5. The summed E-state index contributed by atoms with van der Waals surface area (Å²) in [7, 11) is 0. The summed E-state index contributed by atoms with van der Waals surface area (Å²) in [6, 6.07) is 24.9. The number of rotatable bonds is 13. The second-order valence-electron chi connectivity index (χ2n) is 20.8. The summed E-state index contributed by atoms with van der Waals surface area (Å²) in [4.78, 5) is 56.7. The molecule has 73 heavy (non-hydrogen) atoms. The maximum atomic E-state index is 13.2. The van der Waals surface area contributed by atoms with E-state index in [9.17, 15) is 28.0 Å². The summed E-state index contributed by atoms with van der Waals surface area (Å²) in [5, 5.41) is 8.41. The third-order valence-corrected chi connectivity index (χ3v) is 15.0. The van der Waals surface area contributed by atoms with Gasteiger partial charge in [-0.2, -0.15) is 0 Å². The van der Waals surface area contributed by atoms with Gasteiger partial charge in [-0.15, -0.1) is 0 Å².